The van der Waals surface area contributed by atoms with Gasteiger partial charge in [0.1, 0.15) is 6.26 Å². The standard InChI is InChI=1S/C20H18ClN3O3S/c21-16-5-3-13(4-6-16)17-12-28-20(22-17)23-18(25)14-2-1-8-24(10-14)19(26)15-7-9-27-11-15/h3-7,9,11-12,14H,1-2,8,10H2,(H,22,23,25)/t14-/m1/s1. The van der Waals surface area contributed by atoms with E-state index in [1.807, 2.05) is 29.6 Å². The molecule has 0 bridgehead atoms. The Hall–Kier alpha value is -2.64. The molecule has 1 fully saturated rings. The molecule has 2 aromatic heterocycles. The van der Waals surface area contributed by atoms with Gasteiger partial charge in [-0.05, 0) is 31.0 Å². The summed E-state index contributed by atoms with van der Waals surface area (Å²) in [5.74, 6) is -0.472. The first kappa shape index (κ1) is 18.7. The number of thiazole rings is 1. The molecule has 1 aromatic carbocycles. The van der Waals surface area contributed by atoms with Crippen molar-refractivity contribution in [1.82, 2.24) is 9.88 Å². The van der Waals surface area contributed by atoms with E-state index in [9.17, 15) is 9.59 Å². The fourth-order valence-electron chi connectivity index (χ4n) is 3.24. The maximum absolute atomic E-state index is 12.7. The van der Waals surface area contributed by atoms with Crippen LogP contribution in [0.15, 0.2) is 52.7 Å². The molecule has 8 heteroatoms. The average molecular weight is 416 g/mol. The van der Waals surface area contributed by atoms with Crippen molar-refractivity contribution in [3.05, 3.63) is 58.8 Å². The summed E-state index contributed by atoms with van der Waals surface area (Å²) < 4.78 is 4.98. The highest BCUT2D eigenvalue weighted by atomic mass is 35.5. The first-order chi connectivity index (χ1) is 13.6. The lowest BCUT2D eigenvalue weighted by Crippen LogP contribution is -2.43. The van der Waals surface area contributed by atoms with Gasteiger partial charge in [0.2, 0.25) is 5.91 Å². The van der Waals surface area contributed by atoms with Crippen molar-refractivity contribution in [2.45, 2.75) is 12.8 Å². The monoisotopic (exact) mass is 415 g/mol. The van der Waals surface area contributed by atoms with E-state index in [-0.39, 0.29) is 17.7 Å². The fraction of sp³-hybridized carbons (Fsp3) is 0.250. The van der Waals surface area contributed by atoms with Crippen LogP contribution < -0.4 is 5.32 Å². The smallest absolute Gasteiger partial charge is 0.257 e. The van der Waals surface area contributed by atoms with Gasteiger partial charge in [-0.15, -0.1) is 11.3 Å². The molecule has 0 saturated carbocycles. The van der Waals surface area contributed by atoms with Crippen LogP contribution in [-0.2, 0) is 4.79 Å². The molecule has 0 spiro atoms. The van der Waals surface area contributed by atoms with E-state index >= 15 is 0 Å². The van der Waals surface area contributed by atoms with Crippen LogP contribution >= 0.6 is 22.9 Å². The zero-order chi connectivity index (χ0) is 19.5. The molecule has 1 aliphatic rings. The number of nitrogens with zero attached hydrogens (tertiary/aromatic N) is 2. The number of carbonyl (C=O) groups excluding carboxylic acids is 2. The predicted molar refractivity (Wildman–Crippen MR) is 109 cm³/mol. The summed E-state index contributed by atoms with van der Waals surface area (Å²) in [5.41, 5.74) is 2.24. The van der Waals surface area contributed by atoms with Crippen molar-refractivity contribution in [3.63, 3.8) is 0 Å². The zero-order valence-electron chi connectivity index (χ0n) is 14.9. The molecule has 1 N–H and O–H groups in total. The van der Waals surface area contributed by atoms with E-state index < -0.39 is 0 Å². The topological polar surface area (TPSA) is 75.4 Å². The van der Waals surface area contributed by atoms with Crippen LogP contribution in [-0.4, -0.2) is 34.8 Å². The third-order valence-corrected chi connectivity index (χ3v) is 5.73. The maximum Gasteiger partial charge on any atom is 0.257 e. The molecule has 3 heterocycles. The number of hydrogen-bond donors (Lipinski definition) is 1. The first-order valence-corrected chi connectivity index (χ1v) is 10.2. The molecular weight excluding hydrogens is 398 g/mol. The second kappa shape index (κ2) is 8.16. The Morgan fingerprint density at radius 1 is 1.25 bits per heavy atom. The van der Waals surface area contributed by atoms with Crippen molar-refractivity contribution >= 4 is 39.9 Å². The van der Waals surface area contributed by atoms with Crippen molar-refractivity contribution in [2.75, 3.05) is 18.4 Å². The Balaban J connectivity index is 1.39. The molecule has 28 heavy (non-hydrogen) atoms. The number of anilines is 1. The number of furan rings is 1. The minimum atomic E-state index is -0.257. The molecule has 1 saturated heterocycles. The van der Waals surface area contributed by atoms with Crippen LogP contribution in [0, 0.1) is 5.92 Å². The van der Waals surface area contributed by atoms with Crippen LogP contribution in [0.2, 0.25) is 5.02 Å². The van der Waals surface area contributed by atoms with Gasteiger partial charge in [-0.3, -0.25) is 9.59 Å². The lowest BCUT2D eigenvalue weighted by molar-refractivity contribution is -0.121. The lowest BCUT2D eigenvalue weighted by Gasteiger charge is -2.31. The molecule has 0 radical (unpaired) electrons. The van der Waals surface area contributed by atoms with Gasteiger partial charge in [-0.1, -0.05) is 23.7 Å². The van der Waals surface area contributed by atoms with Gasteiger partial charge in [0.25, 0.3) is 5.91 Å². The zero-order valence-corrected chi connectivity index (χ0v) is 16.5. The van der Waals surface area contributed by atoms with E-state index in [0.717, 1.165) is 24.1 Å². The summed E-state index contributed by atoms with van der Waals surface area (Å²) in [6, 6.07) is 9.04. The first-order valence-electron chi connectivity index (χ1n) is 8.94. The summed E-state index contributed by atoms with van der Waals surface area (Å²) in [7, 11) is 0. The number of halogens is 1. The Morgan fingerprint density at radius 3 is 2.82 bits per heavy atom. The summed E-state index contributed by atoms with van der Waals surface area (Å²) in [4.78, 5) is 31.4. The number of benzene rings is 1. The second-order valence-corrected chi connectivity index (χ2v) is 7.93. The number of rotatable bonds is 4. The number of aromatic nitrogens is 1. The van der Waals surface area contributed by atoms with Gasteiger partial charge in [-0.25, -0.2) is 4.98 Å². The third-order valence-electron chi connectivity index (χ3n) is 4.72. The molecule has 2 amide bonds. The molecule has 6 nitrogen and oxygen atoms in total. The second-order valence-electron chi connectivity index (χ2n) is 6.64. The summed E-state index contributed by atoms with van der Waals surface area (Å²) in [5, 5.41) is 6.01. The molecule has 4 rings (SSSR count). The quantitative estimate of drug-likeness (QED) is 0.678. The number of hydrogen-bond acceptors (Lipinski definition) is 5. The van der Waals surface area contributed by atoms with Crippen molar-refractivity contribution < 1.29 is 14.0 Å². The van der Waals surface area contributed by atoms with E-state index in [1.165, 1.54) is 23.9 Å². The van der Waals surface area contributed by atoms with Gasteiger partial charge >= 0.3 is 0 Å². The number of amides is 2. The SMILES string of the molecule is O=C(Nc1nc(-c2ccc(Cl)cc2)cs1)[C@@H]1CCCN(C(=O)c2ccoc2)C1. The van der Waals surface area contributed by atoms with Crippen LogP contribution in [0.3, 0.4) is 0 Å². The predicted octanol–water partition coefficient (Wildman–Crippen LogP) is 4.55. The number of likely N-dealkylation sites (tertiary alicyclic amines) is 1. The van der Waals surface area contributed by atoms with E-state index in [4.69, 9.17) is 16.0 Å². The molecule has 1 aliphatic heterocycles. The molecule has 0 unspecified atom stereocenters. The highest BCUT2D eigenvalue weighted by molar-refractivity contribution is 7.14. The van der Waals surface area contributed by atoms with Gasteiger partial charge in [-0.2, -0.15) is 0 Å². The third kappa shape index (κ3) is 4.10. The van der Waals surface area contributed by atoms with Crippen LogP contribution in [0.5, 0.6) is 0 Å². The van der Waals surface area contributed by atoms with Crippen LogP contribution in [0.4, 0.5) is 5.13 Å². The van der Waals surface area contributed by atoms with E-state index in [2.05, 4.69) is 10.3 Å². The largest absolute Gasteiger partial charge is 0.472 e. The Bertz CT molecular complexity index is 969. The fourth-order valence-corrected chi connectivity index (χ4v) is 4.08. The van der Waals surface area contributed by atoms with Gasteiger partial charge < -0.3 is 14.6 Å². The van der Waals surface area contributed by atoms with Crippen molar-refractivity contribution in [2.24, 2.45) is 5.92 Å². The maximum atomic E-state index is 12.7. The van der Waals surface area contributed by atoms with Crippen LogP contribution in [0.25, 0.3) is 11.3 Å². The number of piperidine rings is 1. The number of nitrogens with one attached hydrogen (secondary N) is 1. The average Bonchev–Trinajstić information content (AvgIpc) is 3.40. The lowest BCUT2D eigenvalue weighted by atomic mass is 9.97. The summed E-state index contributed by atoms with van der Waals surface area (Å²) in [6.07, 6.45) is 4.44. The summed E-state index contributed by atoms with van der Waals surface area (Å²) in [6.45, 7) is 1.04. The van der Waals surface area contributed by atoms with Gasteiger partial charge in [0, 0.05) is 29.1 Å². The van der Waals surface area contributed by atoms with E-state index in [1.54, 1.807) is 11.0 Å². The van der Waals surface area contributed by atoms with E-state index in [0.29, 0.717) is 28.8 Å². The highest BCUT2D eigenvalue weighted by Crippen LogP contribution is 2.27. The molecule has 1 atom stereocenters. The van der Waals surface area contributed by atoms with Gasteiger partial charge in [0.15, 0.2) is 5.13 Å². The van der Waals surface area contributed by atoms with Crippen molar-refractivity contribution in [1.29, 1.82) is 0 Å². The van der Waals surface area contributed by atoms with Crippen molar-refractivity contribution in [3.8, 4) is 11.3 Å². The Kier molecular flexibility index (Phi) is 5.45. The molecule has 144 valence electrons. The molecule has 3 aromatic rings. The summed E-state index contributed by atoms with van der Waals surface area (Å²) >= 11 is 7.29. The number of carbonyl (C=O) groups is 2. The molecule has 0 aliphatic carbocycles. The van der Waals surface area contributed by atoms with Crippen LogP contribution in [0.1, 0.15) is 23.2 Å². The minimum absolute atomic E-state index is 0.106. The Morgan fingerprint density at radius 2 is 2.07 bits per heavy atom. The highest BCUT2D eigenvalue weighted by Gasteiger charge is 2.29. The molecular formula is C20H18ClN3O3S. The normalized spacial score (nSPS) is 16.8. The Labute approximate surface area is 171 Å². The minimum Gasteiger partial charge on any atom is -0.472 e. The van der Waals surface area contributed by atoms with Gasteiger partial charge in [0.05, 0.1) is 23.4 Å².